The maximum atomic E-state index is 13.3. The molecular weight excluding hydrogens is 213 g/mol. The van der Waals surface area contributed by atoms with Crippen molar-refractivity contribution in [1.82, 2.24) is 5.32 Å². The first kappa shape index (κ1) is 12.2. The second-order valence-corrected chi connectivity index (χ2v) is 3.53. The summed E-state index contributed by atoms with van der Waals surface area (Å²) in [5.74, 6) is -2.89. The molecule has 0 bridgehead atoms. The Hall–Kier alpha value is -1.91. The molecule has 0 saturated carbocycles. The molecule has 2 N–H and O–H groups in total. The molecule has 0 aromatic heterocycles. The molecule has 86 valence electrons. The quantitative estimate of drug-likeness (QED) is 0.742. The fourth-order valence-electron chi connectivity index (χ4n) is 1.40. The Labute approximate surface area is 92.1 Å². The Bertz CT molecular complexity index is 420. The molecule has 0 heterocycles. The highest BCUT2D eigenvalue weighted by Gasteiger charge is 2.10. The van der Waals surface area contributed by atoms with Crippen LogP contribution in [0.2, 0.25) is 0 Å². The molecule has 0 saturated heterocycles. The van der Waals surface area contributed by atoms with E-state index in [1.54, 1.807) is 26.0 Å². The molecule has 1 aromatic rings. The lowest BCUT2D eigenvalue weighted by Crippen LogP contribution is -2.30. The van der Waals surface area contributed by atoms with Gasteiger partial charge in [-0.2, -0.15) is 0 Å². The molecule has 1 aromatic carbocycles. The number of aliphatic carboxylic acids is 1. The Balaban J connectivity index is 2.76. The summed E-state index contributed by atoms with van der Waals surface area (Å²) in [4.78, 5) is 21.0. The van der Waals surface area contributed by atoms with Crippen molar-refractivity contribution in [3.8, 4) is 0 Å². The van der Waals surface area contributed by atoms with Crippen molar-refractivity contribution in [2.24, 2.45) is 0 Å². The third kappa shape index (κ3) is 2.79. The third-order valence-corrected chi connectivity index (χ3v) is 2.14. The van der Waals surface area contributed by atoms with Crippen LogP contribution < -0.4 is 5.32 Å². The van der Waals surface area contributed by atoms with Crippen LogP contribution in [0.3, 0.4) is 0 Å². The van der Waals surface area contributed by atoms with Gasteiger partial charge in [0.05, 0.1) is 0 Å². The lowest BCUT2D eigenvalue weighted by Gasteiger charge is -2.07. The lowest BCUT2D eigenvalue weighted by molar-refractivity contribution is -0.150. The summed E-state index contributed by atoms with van der Waals surface area (Å²) in [6.07, 6.45) is 0. The maximum absolute atomic E-state index is 13.3. The Morgan fingerprint density at radius 3 is 2.25 bits per heavy atom. The summed E-state index contributed by atoms with van der Waals surface area (Å²) < 4.78 is 13.3. The number of carboxylic acids is 1. The van der Waals surface area contributed by atoms with Gasteiger partial charge in [0, 0.05) is 6.54 Å². The van der Waals surface area contributed by atoms with Crippen molar-refractivity contribution in [2.45, 2.75) is 20.4 Å². The topological polar surface area (TPSA) is 66.4 Å². The SMILES string of the molecule is Cc1cc(CNC(=O)C(=O)O)cc(C)c1F. The summed E-state index contributed by atoms with van der Waals surface area (Å²) in [7, 11) is 0. The zero-order valence-corrected chi connectivity index (χ0v) is 9.00. The normalized spacial score (nSPS) is 9.94. The van der Waals surface area contributed by atoms with E-state index < -0.39 is 11.9 Å². The second-order valence-electron chi connectivity index (χ2n) is 3.53. The molecule has 4 nitrogen and oxygen atoms in total. The van der Waals surface area contributed by atoms with E-state index in [0.717, 1.165) is 0 Å². The van der Waals surface area contributed by atoms with Crippen molar-refractivity contribution in [3.05, 3.63) is 34.6 Å². The number of nitrogens with one attached hydrogen (secondary N) is 1. The number of benzene rings is 1. The molecule has 0 fully saturated rings. The zero-order chi connectivity index (χ0) is 12.3. The first-order valence-corrected chi connectivity index (χ1v) is 4.68. The number of halogens is 1. The van der Waals surface area contributed by atoms with Gasteiger partial charge < -0.3 is 10.4 Å². The molecule has 1 amide bonds. The van der Waals surface area contributed by atoms with E-state index >= 15 is 0 Å². The van der Waals surface area contributed by atoms with Crippen molar-refractivity contribution >= 4 is 11.9 Å². The summed E-state index contributed by atoms with van der Waals surface area (Å²) in [5, 5.41) is 10.6. The van der Waals surface area contributed by atoms with Gasteiger partial charge in [-0.25, -0.2) is 9.18 Å². The second kappa shape index (κ2) is 4.74. The highest BCUT2D eigenvalue weighted by molar-refractivity contribution is 6.31. The van der Waals surface area contributed by atoms with Crippen LogP contribution in [0.25, 0.3) is 0 Å². The standard InChI is InChI=1S/C11H12FNO3/c1-6-3-8(4-7(2)9(6)12)5-13-10(14)11(15)16/h3-4H,5H2,1-2H3,(H,13,14)(H,15,16). The van der Waals surface area contributed by atoms with E-state index in [2.05, 4.69) is 5.32 Å². The van der Waals surface area contributed by atoms with Gasteiger partial charge in [0.25, 0.3) is 0 Å². The summed E-state index contributed by atoms with van der Waals surface area (Å²) in [6.45, 7) is 3.31. The molecular formula is C11H12FNO3. The van der Waals surface area contributed by atoms with E-state index in [1.165, 1.54) is 0 Å². The van der Waals surface area contributed by atoms with Gasteiger partial charge in [-0.3, -0.25) is 4.79 Å². The van der Waals surface area contributed by atoms with Gasteiger partial charge in [-0.05, 0) is 30.5 Å². The van der Waals surface area contributed by atoms with Crippen molar-refractivity contribution < 1.29 is 19.1 Å². The molecule has 16 heavy (non-hydrogen) atoms. The molecule has 0 aliphatic carbocycles. The van der Waals surface area contributed by atoms with Gasteiger partial charge in [0.1, 0.15) is 5.82 Å². The van der Waals surface area contributed by atoms with Crippen molar-refractivity contribution in [3.63, 3.8) is 0 Å². The van der Waals surface area contributed by atoms with Gasteiger partial charge in [-0.1, -0.05) is 12.1 Å². The Kier molecular flexibility index (Phi) is 3.60. The minimum atomic E-state index is -1.53. The van der Waals surface area contributed by atoms with E-state index in [9.17, 15) is 14.0 Å². The smallest absolute Gasteiger partial charge is 0.394 e. The fourth-order valence-corrected chi connectivity index (χ4v) is 1.40. The molecule has 0 unspecified atom stereocenters. The number of aryl methyl sites for hydroxylation is 2. The van der Waals surface area contributed by atoms with Gasteiger partial charge in [-0.15, -0.1) is 0 Å². The number of carboxylic acid groups (broad SMARTS) is 1. The van der Waals surface area contributed by atoms with Gasteiger partial charge in [0.2, 0.25) is 0 Å². The van der Waals surface area contributed by atoms with E-state index in [1.807, 2.05) is 0 Å². The minimum Gasteiger partial charge on any atom is -0.474 e. The van der Waals surface area contributed by atoms with Crippen LogP contribution in [0.15, 0.2) is 12.1 Å². The molecule has 0 aliphatic rings. The minimum absolute atomic E-state index is 0.0765. The highest BCUT2D eigenvalue weighted by atomic mass is 19.1. The average Bonchev–Trinajstić information content (AvgIpc) is 2.22. The van der Waals surface area contributed by atoms with Crippen LogP contribution in [0, 0.1) is 19.7 Å². The van der Waals surface area contributed by atoms with Crippen LogP contribution in [-0.4, -0.2) is 17.0 Å². The number of rotatable bonds is 2. The van der Waals surface area contributed by atoms with Crippen molar-refractivity contribution in [2.75, 3.05) is 0 Å². The van der Waals surface area contributed by atoms with Gasteiger partial charge in [0.15, 0.2) is 0 Å². The third-order valence-electron chi connectivity index (χ3n) is 2.14. The lowest BCUT2D eigenvalue weighted by atomic mass is 10.1. The Morgan fingerprint density at radius 1 is 1.31 bits per heavy atom. The summed E-state index contributed by atoms with van der Waals surface area (Å²) in [5.41, 5.74) is 1.62. The van der Waals surface area contributed by atoms with Crippen LogP contribution in [-0.2, 0) is 16.1 Å². The van der Waals surface area contributed by atoms with E-state index in [-0.39, 0.29) is 12.4 Å². The molecule has 0 radical (unpaired) electrons. The number of carbonyl (C=O) groups is 2. The fraction of sp³-hybridized carbons (Fsp3) is 0.273. The van der Waals surface area contributed by atoms with Crippen LogP contribution in [0.5, 0.6) is 0 Å². The molecule has 5 heteroatoms. The first-order chi connectivity index (χ1) is 7.41. The number of hydrogen-bond acceptors (Lipinski definition) is 2. The summed E-state index contributed by atoms with van der Waals surface area (Å²) in [6, 6.07) is 3.15. The molecule has 0 aliphatic heterocycles. The maximum Gasteiger partial charge on any atom is 0.394 e. The first-order valence-electron chi connectivity index (χ1n) is 4.68. The monoisotopic (exact) mass is 225 g/mol. The highest BCUT2D eigenvalue weighted by Crippen LogP contribution is 2.14. The molecule has 0 spiro atoms. The summed E-state index contributed by atoms with van der Waals surface area (Å²) >= 11 is 0. The number of carbonyl (C=O) groups excluding carboxylic acids is 1. The number of hydrogen-bond donors (Lipinski definition) is 2. The predicted octanol–water partition coefficient (Wildman–Crippen LogP) is 1.14. The van der Waals surface area contributed by atoms with E-state index in [4.69, 9.17) is 5.11 Å². The predicted molar refractivity (Wildman–Crippen MR) is 55.4 cm³/mol. The van der Waals surface area contributed by atoms with Crippen LogP contribution >= 0.6 is 0 Å². The van der Waals surface area contributed by atoms with Crippen LogP contribution in [0.1, 0.15) is 16.7 Å². The Morgan fingerprint density at radius 2 is 1.81 bits per heavy atom. The largest absolute Gasteiger partial charge is 0.474 e. The van der Waals surface area contributed by atoms with E-state index in [0.29, 0.717) is 16.7 Å². The van der Waals surface area contributed by atoms with Crippen molar-refractivity contribution in [1.29, 1.82) is 0 Å². The van der Waals surface area contributed by atoms with Crippen LogP contribution in [0.4, 0.5) is 4.39 Å². The zero-order valence-electron chi connectivity index (χ0n) is 9.00. The van der Waals surface area contributed by atoms with Gasteiger partial charge >= 0.3 is 11.9 Å². The average molecular weight is 225 g/mol. The number of amides is 1. The molecule has 0 atom stereocenters. The molecule has 1 rings (SSSR count).